The lowest BCUT2D eigenvalue weighted by molar-refractivity contribution is -0.0885. The molecule has 3 heterocycles. The molecule has 1 aliphatic rings. The minimum atomic E-state index is -4.87. The molecule has 1 fully saturated rings. The topological polar surface area (TPSA) is 175 Å². The number of fused-ring (bicyclic) bond motifs is 1. The maximum atomic E-state index is 11.2. The van der Waals surface area contributed by atoms with Gasteiger partial charge in [0.15, 0.2) is 17.7 Å². The number of nitrogens with two attached hydrogens (primary N) is 1. The number of rotatable bonds is 5. The van der Waals surface area contributed by atoms with E-state index in [1.54, 1.807) is 6.92 Å². The number of phosphoric ester groups is 1. The van der Waals surface area contributed by atoms with Crippen molar-refractivity contribution < 1.29 is 33.5 Å². The molecule has 0 bridgehead atoms. The Hall–Kier alpha value is -1.66. The van der Waals surface area contributed by atoms with E-state index in [4.69, 9.17) is 29.5 Å². The van der Waals surface area contributed by atoms with Crippen LogP contribution in [0, 0.1) is 0 Å². The van der Waals surface area contributed by atoms with E-state index in [1.807, 2.05) is 0 Å². The van der Waals surface area contributed by atoms with Crippen molar-refractivity contribution >= 4 is 24.8 Å². The van der Waals surface area contributed by atoms with Crippen LogP contribution in [0.15, 0.2) is 12.7 Å². The lowest BCUT2D eigenvalue weighted by Crippen LogP contribution is -2.39. The highest BCUT2D eigenvalue weighted by Gasteiger charge is 2.50. The first kappa shape index (κ1) is 18.1. The minimum Gasteiger partial charge on any atom is -0.386 e. The number of phosphoric acid groups is 1. The normalized spacial score (nSPS) is 28.5. The molecule has 13 heteroatoms. The van der Waals surface area contributed by atoms with Crippen LogP contribution in [0.1, 0.15) is 13.2 Å². The highest BCUT2D eigenvalue weighted by Crippen LogP contribution is 2.45. The molecular formula is C12H18N5O7P. The summed E-state index contributed by atoms with van der Waals surface area (Å²) in [5, 5.41) is 10.6. The molecule has 0 aromatic carbocycles. The number of imidazole rings is 1. The number of aliphatic hydroxyl groups excluding tert-OH is 1. The number of hydrogen-bond acceptors (Lipinski definition) is 9. The molecule has 0 spiro atoms. The molecule has 1 unspecified atom stereocenters. The van der Waals surface area contributed by atoms with Gasteiger partial charge in [0.25, 0.3) is 0 Å². The molecule has 12 nitrogen and oxygen atoms in total. The Morgan fingerprint density at radius 2 is 2.12 bits per heavy atom. The number of nitrogen functional groups attached to an aromatic ring is 1. The van der Waals surface area contributed by atoms with E-state index >= 15 is 0 Å². The van der Waals surface area contributed by atoms with Crippen molar-refractivity contribution in [2.45, 2.75) is 37.6 Å². The molecule has 1 saturated heterocycles. The lowest BCUT2D eigenvalue weighted by Gasteiger charge is -2.24. The summed E-state index contributed by atoms with van der Waals surface area (Å²) in [5.41, 5.74) is 6.35. The van der Waals surface area contributed by atoms with Crippen LogP contribution in [0.3, 0.4) is 0 Å². The van der Waals surface area contributed by atoms with E-state index < -0.39 is 38.5 Å². The van der Waals surface area contributed by atoms with Crippen molar-refractivity contribution in [3.63, 3.8) is 0 Å². The highest BCUT2D eigenvalue weighted by atomic mass is 31.2. The van der Waals surface area contributed by atoms with Gasteiger partial charge in [0.2, 0.25) is 0 Å². The van der Waals surface area contributed by atoms with Gasteiger partial charge >= 0.3 is 7.82 Å². The minimum absolute atomic E-state index is 0.154. The molecule has 0 saturated carbocycles. The molecule has 2 aromatic heterocycles. The Morgan fingerprint density at radius 3 is 2.76 bits per heavy atom. The van der Waals surface area contributed by atoms with Gasteiger partial charge in [-0.05, 0) is 6.92 Å². The average Bonchev–Trinajstić information content (AvgIpc) is 3.09. The molecule has 1 aliphatic heterocycles. The van der Waals surface area contributed by atoms with Crippen molar-refractivity contribution in [1.82, 2.24) is 19.5 Å². The first-order valence-corrected chi connectivity index (χ1v) is 8.79. The summed E-state index contributed by atoms with van der Waals surface area (Å²) >= 11 is 0. The fraction of sp³-hybridized carbons (Fsp3) is 0.583. The standard InChI is InChI=1S/C12H18N5O7P/c1-5(22-2)8-9(24-25(19,20)21)7(18)12(23-8)17-4-16-6-10(13)14-3-15-11(6)17/h3-5,7-9,12,18H,1-2H3,(H2,13,14,15)(H2,19,20,21)/t5?,7-,8-,9+,12-/m1/s1. The lowest BCUT2D eigenvalue weighted by atomic mass is 10.1. The third kappa shape index (κ3) is 3.37. The number of methoxy groups -OCH3 is 1. The van der Waals surface area contributed by atoms with Gasteiger partial charge < -0.3 is 30.1 Å². The van der Waals surface area contributed by atoms with Gasteiger partial charge in [-0.1, -0.05) is 0 Å². The van der Waals surface area contributed by atoms with E-state index in [-0.39, 0.29) is 5.82 Å². The first-order chi connectivity index (χ1) is 11.7. The van der Waals surface area contributed by atoms with Crippen LogP contribution in [0.5, 0.6) is 0 Å². The van der Waals surface area contributed by atoms with Gasteiger partial charge in [0.05, 0.1) is 12.4 Å². The van der Waals surface area contributed by atoms with E-state index in [2.05, 4.69) is 15.0 Å². The van der Waals surface area contributed by atoms with Gasteiger partial charge in [0, 0.05) is 7.11 Å². The Morgan fingerprint density at radius 1 is 1.40 bits per heavy atom. The zero-order chi connectivity index (χ0) is 18.4. The van der Waals surface area contributed by atoms with E-state index in [0.29, 0.717) is 11.2 Å². The van der Waals surface area contributed by atoms with Crippen LogP contribution in [-0.2, 0) is 18.6 Å². The third-order valence-corrected chi connectivity index (χ3v) is 4.52. The summed E-state index contributed by atoms with van der Waals surface area (Å²) in [6, 6.07) is 0. The fourth-order valence-corrected chi connectivity index (χ4v) is 3.32. The summed E-state index contributed by atoms with van der Waals surface area (Å²) in [4.78, 5) is 30.2. The molecule has 138 valence electrons. The second-order valence-electron chi connectivity index (χ2n) is 5.57. The largest absolute Gasteiger partial charge is 0.470 e. The van der Waals surface area contributed by atoms with E-state index in [1.165, 1.54) is 24.3 Å². The van der Waals surface area contributed by atoms with Crippen molar-refractivity contribution in [2.24, 2.45) is 0 Å². The van der Waals surface area contributed by atoms with Crippen LogP contribution in [-0.4, -0.2) is 65.9 Å². The monoisotopic (exact) mass is 375 g/mol. The van der Waals surface area contributed by atoms with Gasteiger partial charge in [-0.3, -0.25) is 9.09 Å². The Kier molecular flexibility index (Phi) is 4.77. The molecule has 5 N–H and O–H groups in total. The number of aliphatic hydroxyl groups is 1. The third-order valence-electron chi connectivity index (χ3n) is 4.00. The van der Waals surface area contributed by atoms with Gasteiger partial charge in [-0.25, -0.2) is 19.5 Å². The molecular weight excluding hydrogens is 357 g/mol. The molecule has 5 atom stereocenters. The summed E-state index contributed by atoms with van der Waals surface area (Å²) in [6.45, 7) is 1.63. The highest BCUT2D eigenvalue weighted by molar-refractivity contribution is 7.46. The predicted molar refractivity (Wildman–Crippen MR) is 83.0 cm³/mol. The quantitative estimate of drug-likeness (QED) is 0.480. The molecule has 0 aliphatic carbocycles. The maximum Gasteiger partial charge on any atom is 0.470 e. The predicted octanol–water partition coefficient (Wildman–Crippen LogP) is -0.820. The van der Waals surface area contributed by atoms with Crippen LogP contribution >= 0.6 is 7.82 Å². The summed E-state index contributed by atoms with van der Waals surface area (Å²) < 4.78 is 28.3. The van der Waals surface area contributed by atoms with Gasteiger partial charge in [-0.2, -0.15) is 0 Å². The number of nitrogens with zero attached hydrogens (tertiary/aromatic N) is 4. The number of hydrogen-bond donors (Lipinski definition) is 4. The van der Waals surface area contributed by atoms with Crippen LogP contribution in [0.25, 0.3) is 11.2 Å². The number of anilines is 1. The van der Waals surface area contributed by atoms with Crippen molar-refractivity contribution in [1.29, 1.82) is 0 Å². The van der Waals surface area contributed by atoms with Crippen molar-refractivity contribution in [3.8, 4) is 0 Å². The second kappa shape index (κ2) is 6.57. The van der Waals surface area contributed by atoms with E-state index in [0.717, 1.165) is 0 Å². The van der Waals surface area contributed by atoms with Crippen LogP contribution in [0.4, 0.5) is 5.82 Å². The van der Waals surface area contributed by atoms with Crippen molar-refractivity contribution in [2.75, 3.05) is 12.8 Å². The van der Waals surface area contributed by atoms with Gasteiger partial charge in [0.1, 0.15) is 30.2 Å². The summed E-state index contributed by atoms with van der Waals surface area (Å²) in [6.07, 6.45) is -2.76. The first-order valence-electron chi connectivity index (χ1n) is 7.26. The van der Waals surface area contributed by atoms with E-state index in [9.17, 15) is 9.67 Å². The molecule has 2 aromatic rings. The SMILES string of the molecule is COC(C)[C@H]1O[C@@H](n2cnc3c(N)ncnc32)[C@H](O)[C@@H]1OP(=O)(O)O. The van der Waals surface area contributed by atoms with Crippen LogP contribution in [0.2, 0.25) is 0 Å². The average molecular weight is 375 g/mol. The smallest absolute Gasteiger partial charge is 0.386 e. The maximum absolute atomic E-state index is 11.2. The summed E-state index contributed by atoms with van der Waals surface area (Å²) in [7, 11) is -3.46. The second-order valence-corrected chi connectivity index (χ2v) is 6.76. The van der Waals surface area contributed by atoms with Crippen LogP contribution < -0.4 is 5.73 Å². The molecule has 0 radical (unpaired) electrons. The number of aromatic nitrogens is 4. The number of ether oxygens (including phenoxy) is 2. The van der Waals surface area contributed by atoms with Gasteiger partial charge in [-0.15, -0.1) is 0 Å². The van der Waals surface area contributed by atoms with Crippen molar-refractivity contribution in [3.05, 3.63) is 12.7 Å². The molecule has 0 amide bonds. The fourth-order valence-electron chi connectivity index (χ4n) is 2.75. The Bertz CT molecular complexity index is 810. The zero-order valence-corrected chi connectivity index (χ0v) is 14.2. The molecule has 3 rings (SSSR count). The Balaban J connectivity index is 1.99. The summed E-state index contributed by atoms with van der Waals surface area (Å²) in [5.74, 6) is 0.154. The zero-order valence-electron chi connectivity index (χ0n) is 13.3. The Labute approximate surface area is 141 Å². The molecule has 25 heavy (non-hydrogen) atoms.